The largest absolute Gasteiger partial charge is 0.489 e. The van der Waals surface area contributed by atoms with Gasteiger partial charge in [-0.25, -0.2) is 0 Å². The minimum atomic E-state index is 0.274. The smallest absolute Gasteiger partial charge is 0.122 e. The lowest BCUT2D eigenvalue weighted by atomic mass is 10.1. The second kappa shape index (κ2) is 6.10. The molecule has 1 aliphatic heterocycles. The molecule has 0 aliphatic carbocycles. The highest BCUT2D eigenvalue weighted by Gasteiger charge is 2.19. The molecule has 3 rings (SSSR count). The maximum absolute atomic E-state index is 6.06. The van der Waals surface area contributed by atoms with Gasteiger partial charge in [-0.1, -0.05) is 48.5 Å². The molecule has 0 spiro atoms. The number of aryl methyl sites for hydroxylation is 1. The first-order valence-corrected chi connectivity index (χ1v) is 7.36. The van der Waals surface area contributed by atoms with Crippen molar-refractivity contribution in [2.24, 2.45) is 0 Å². The molecule has 2 aromatic carbocycles. The minimum Gasteiger partial charge on any atom is -0.489 e. The Morgan fingerprint density at radius 2 is 2.10 bits per heavy atom. The second-order valence-corrected chi connectivity index (χ2v) is 5.43. The zero-order chi connectivity index (χ0) is 13.8. The maximum Gasteiger partial charge on any atom is 0.122 e. The molecule has 2 atom stereocenters. The Morgan fingerprint density at radius 1 is 1.30 bits per heavy atom. The van der Waals surface area contributed by atoms with Gasteiger partial charge in [0.1, 0.15) is 11.9 Å². The summed E-state index contributed by atoms with van der Waals surface area (Å²) >= 11 is 0. The first-order valence-electron chi connectivity index (χ1n) is 7.36. The summed E-state index contributed by atoms with van der Waals surface area (Å²) in [6, 6.07) is 19.3. The Kier molecular flexibility index (Phi) is 4.03. The van der Waals surface area contributed by atoms with Crippen molar-refractivity contribution in [3.8, 4) is 5.75 Å². The van der Waals surface area contributed by atoms with Crippen molar-refractivity contribution in [2.45, 2.75) is 31.9 Å². The summed E-state index contributed by atoms with van der Waals surface area (Å²) in [4.78, 5) is 0. The minimum absolute atomic E-state index is 0.274. The average Bonchev–Trinajstić information content (AvgIpc) is 2.53. The highest BCUT2D eigenvalue weighted by Crippen LogP contribution is 2.27. The Bertz CT molecular complexity index is 552. The molecule has 0 saturated carbocycles. The fraction of sp³-hybridized carbons (Fsp3) is 0.333. The van der Waals surface area contributed by atoms with Crippen LogP contribution in [0.2, 0.25) is 0 Å². The van der Waals surface area contributed by atoms with E-state index in [9.17, 15) is 0 Å². The SMILES string of the molecule is C[C@@H](NC[C@@H]1CC[14c]2[14cH][14cH][14cH][14cH][14c]2O1)c1ccccc1. The standard InChI is InChI=1S/C18H21NO/c1-14(15-7-3-2-4-8-15)19-13-17-12-11-16-9-5-6-10-18(16)20-17/h2-10,14,17,19H,11-13H2,1H3/t14-,17+/m1/s1/i5+2,6+2,9+2,10+2,16+2,18+2. The number of para-hydroxylation sites is 1. The molecule has 20 heavy (non-hydrogen) atoms. The molecule has 0 radical (unpaired) electrons. The van der Waals surface area contributed by atoms with Gasteiger partial charge >= 0.3 is 0 Å². The van der Waals surface area contributed by atoms with Gasteiger partial charge < -0.3 is 10.1 Å². The quantitative estimate of drug-likeness (QED) is 0.920. The van der Waals surface area contributed by atoms with Crippen molar-refractivity contribution in [3.05, 3.63) is 65.7 Å². The second-order valence-electron chi connectivity index (χ2n) is 5.43. The number of ether oxygens (including phenoxy) is 1. The van der Waals surface area contributed by atoms with E-state index in [1.165, 1.54) is 11.1 Å². The summed E-state index contributed by atoms with van der Waals surface area (Å²) in [5.74, 6) is 1.05. The van der Waals surface area contributed by atoms with Crippen LogP contribution >= 0.6 is 0 Å². The number of hydrogen-bond acceptors (Lipinski definition) is 2. The van der Waals surface area contributed by atoms with E-state index >= 15 is 0 Å². The molecule has 0 bridgehead atoms. The van der Waals surface area contributed by atoms with E-state index in [1.54, 1.807) is 0 Å². The lowest BCUT2D eigenvalue weighted by Gasteiger charge is -2.27. The highest BCUT2D eigenvalue weighted by molar-refractivity contribution is 5.35. The predicted molar refractivity (Wildman–Crippen MR) is 82.0 cm³/mol. The van der Waals surface area contributed by atoms with Crippen molar-refractivity contribution in [1.29, 1.82) is 0 Å². The van der Waals surface area contributed by atoms with E-state index in [2.05, 4.69) is 60.8 Å². The Labute approximate surface area is 120 Å². The van der Waals surface area contributed by atoms with Crippen LogP contribution in [0.4, 0.5) is 0 Å². The van der Waals surface area contributed by atoms with Gasteiger partial charge in [-0.2, -0.15) is 0 Å². The number of hydrogen-bond donors (Lipinski definition) is 1. The summed E-state index contributed by atoms with van der Waals surface area (Å²) < 4.78 is 6.06. The van der Waals surface area contributed by atoms with Crippen molar-refractivity contribution in [1.82, 2.24) is 5.32 Å². The number of fused-ring (bicyclic) bond motifs is 1. The van der Waals surface area contributed by atoms with Crippen molar-refractivity contribution < 1.29 is 4.74 Å². The molecule has 0 amide bonds. The van der Waals surface area contributed by atoms with E-state index < -0.39 is 0 Å². The molecule has 1 heterocycles. The van der Waals surface area contributed by atoms with Gasteiger partial charge in [0.2, 0.25) is 0 Å². The lowest BCUT2D eigenvalue weighted by molar-refractivity contribution is 0.167. The number of nitrogens with one attached hydrogen (secondary N) is 1. The Balaban J connectivity index is 1.55. The third-order valence-corrected chi connectivity index (χ3v) is 3.95. The molecule has 104 valence electrons. The topological polar surface area (TPSA) is 21.3 Å². The molecular weight excluding hydrogens is 258 g/mol. The fourth-order valence-corrected chi connectivity index (χ4v) is 2.69. The molecule has 2 aromatic rings. The van der Waals surface area contributed by atoms with Crippen LogP contribution in [0, 0.1) is 0 Å². The zero-order valence-electron chi connectivity index (χ0n) is 11.9. The van der Waals surface area contributed by atoms with Crippen LogP contribution in [0.3, 0.4) is 0 Å². The molecule has 0 saturated heterocycles. The maximum atomic E-state index is 6.06. The summed E-state index contributed by atoms with van der Waals surface area (Å²) in [6.45, 7) is 3.09. The number of benzene rings is 2. The van der Waals surface area contributed by atoms with Crippen molar-refractivity contribution >= 4 is 0 Å². The molecule has 1 N–H and O–H groups in total. The number of rotatable bonds is 4. The van der Waals surface area contributed by atoms with Crippen LogP contribution in [0.25, 0.3) is 0 Å². The van der Waals surface area contributed by atoms with Crippen LogP contribution in [-0.4, -0.2) is 12.6 Å². The van der Waals surface area contributed by atoms with Gasteiger partial charge in [-0.3, -0.25) is 0 Å². The molecule has 0 fully saturated rings. The first kappa shape index (κ1) is 13.2. The molecule has 2 nitrogen and oxygen atoms in total. The first-order chi connectivity index (χ1) is 9.83. The summed E-state index contributed by atoms with van der Waals surface area (Å²) in [5, 5.41) is 3.57. The third-order valence-electron chi connectivity index (χ3n) is 3.95. The molecular formula is C18H21NO. The van der Waals surface area contributed by atoms with Crippen molar-refractivity contribution in [3.63, 3.8) is 0 Å². The van der Waals surface area contributed by atoms with E-state index in [0.717, 1.165) is 25.1 Å². The Morgan fingerprint density at radius 3 is 2.95 bits per heavy atom. The molecule has 0 unspecified atom stereocenters. The summed E-state index contributed by atoms with van der Waals surface area (Å²) in [5.41, 5.74) is 2.66. The van der Waals surface area contributed by atoms with Gasteiger partial charge in [0.05, 0.1) is 0 Å². The van der Waals surface area contributed by atoms with Gasteiger partial charge in [-0.05, 0) is 37.0 Å². The highest BCUT2D eigenvalue weighted by atomic mass is 16.7. The third kappa shape index (κ3) is 3.02. The average molecular weight is 279 g/mol. The summed E-state index contributed by atoms with van der Waals surface area (Å²) in [6.07, 6.45) is 2.48. The van der Waals surface area contributed by atoms with Crippen LogP contribution < -0.4 is 10.1 Å². The summed E-state index contributed by atoms with van der Waals surface area (Å²) in [7, 11) is 0. The zero-order valence-corrected chi connectivity index (χ0v) is 11.9. The normalized spacial score (nSPS) is 18.9. The fourth-order valence-electron chi connectivity index (χ4n) is 2.69. The molecule has 1 aliphatic rings. The van der Waals surface area contributed by atoms with Crippen LogP contribution in [0.15, 0.2) is 54.6 Å². The van der Waals surface area contributed by atoms with Gasteiger partial charge in [-0.15, -0.1) is 0 Å². The van der Waals surface area contributed by atoms with Crippen LogP contribution in [0.5, 0.6) is 5.75 Å². The van der Waals surface area contributed by atoms with Gasteiger partial charge in [0.15, 0.2) is 0 Å². The molecule has 2 heteroatoms. The van der Waals surface area contributed by atoms with Gasteiger partial charge in [0.25, 0.3) is 0 Å². The van der Waals surface area contributed by atoms with E-state index in [0.29, 0.717) is 6.04 Å². The van der Waals surface area contributed by atoms with E-state index in [1.807, 2.05) is 6.07 Å². The van der Waals surface area contributed by atoms with E-state index in [4.69, 9.17) is 4.74 Å². The van der Waals surface area contributed by atoms with Gasteiger partial charge in [0, 0.05) is 12.6 Å². The lowest BCUT2D eigenvalue weighted by Crippen LogP contribution is -2.35. The molecule has 0 aromatic heterocycles. The monoisotopic (exact) mass is 279 g/mol. The van der Waals surface area contributed by atoms with Crippen LogP contribution in [-0.2, 0) is 6.42 Å². The van der Waals surface area contributed by atoms with Crippen molar-refractivity contribution in [2.75, 3.05) is 6.54 Å². The predicted octanol–water partition coefficient (Wildman–Crippen LogP) is 3.73. The van der Waals surface area contributed by atoms with Crippen LogP contribution in [0.1, 0.15) is 30.5 Å². The Hall–Kier alpha value is -1.80. The van der Waals surface area contributed by atoms with E-state index in [-0.39, 0.29) is 6.10 Å².